The summed E-state index contributed by atoms with van der Waals surface area (Å²) in [6, 6.07) is 4.10. The minimum atomic E-state index is 0. The minimum Gasteiger partial charge on any atom is -0.378 e. The molecule has 16 heavy (non-hydrogen) atoms. The van der Waals surface area contributed by atoms with Crippen LogP contribution in [0.2, 0.25) is 0 Å². The molecule has 1 aliphatic rings. The fourth-order valence-corrected chi connectivity index (χ4v) is 2.08. The highest BCUT2D eigenvalue weighted by Gasteiger charge is 2.11. The van der Waals surface area contributed by atoms with Crippen molar-refractivity contribution in [2.24, 2.45) is 10.7 Å². The van der Waals surface area contributed by atoms with E-state index in [1.54, 1.807) is 11.3 Å². The first-order chi connectivity index (χ1) is 7.36. The molecule has 2 heterocycles. The lowest BCUT2D eigenvalue weighted by Gasteiger charge is -2.27. The monoisotopic (exact) mass is 353 g/mol. The summed E-state index contributed by atoms with van der Waals surface area (Å²) in [5, 5.41) is 2.05. The Morgan fingerprint density at radius 3 is 2.88 bits per heavy atom. The van der Waals surface area contributed by atoms with Gasteiger partial charge in [0.2, 0.25) is 0 Å². The topological polar surface area (TPSA) is 50.8 Å². The van der Waals surface area contributed by atoms with Gasteiger partial charge in [-0.15, -0.1) is 35.3 Å². The van der Waals surface area contributed by atoms with E-state index in [-0.39, 0.29) is 24.0 Å². The minimum absolute atomic E-state index is 0. The molecule has 0 radical (unpaired) electrons. The van der Waals surface area contributed by atoms with Crippen LogP contribution < -0.4 is 5.73 Å². The summed E-state index contributed by atoms with van der Waals surface area (Å²) < 4.78 is 5.25. The predicted molar refractivity (Wildman–Crippen MR) is 77.5 cm³/mol. The first-order valence-electron chi connectivity index (χ1n) is 5.01. The van der Waals surface area contributed by atoms with E-state index in [0.717, 1.165) is 26.3 Å². The van der Waals surface area contributed by atoms with Crippen LogP contribution in [0.3, 0.4) is 0 Å². The summed E-state index contributed by atoms with van der Waals surface area (Å²) in [5.41, 5.74) is 5.89. The number of halogens is 1. The van der Waals surface area contributed by atoms with Crippen LogP contribution in [0, 0.1) is 0 Å². The second-order valence-corrected chi connectivity index (χ2v) is 4.39. The van der Waals surface area contributed by atoms with E-state index in [0.29, 0.717) is 12.5 Å². The number of hydrogen-bond acceptors (Lipinski definition) is 3. The second-order valence-electron chi connectivity index (χ2n) is 3.35. The Hall–Kier alpha value is -0.340. The van der Waals surface area contributed by atoms with Crippen molar-refractivity contribution in [1.29, 1.82) is 0 Å². The van der Waals surface area contributed by atoms with Crippen molar-refractivity contribution in [1.82, 2.24) is 4.90 Å². The predicted octanol–water partition coefficient (Wildman–Crippen LogP) is 1.51. The quantitative estimate of drug-likeness (QED) is 0.498. The van der Waals surface area contributed by atoms with E-state index < -0.39 is 0 Å². The van der Waals surface area contributed by atoms with Crippen molar-refractivity contribution in [3.05, 3.63) is 22.4 Å². The zero-order chi connectivity index (χ0) is 10.5. The van der Waals surface area contributed by atoms with E-state index in [1.807, 2.05) is 6.07 Å². The number of morpholine rings is 1. The molecule has 2 rings (SSSR count). The molecule has 1 fully saturated rings. The summed E-state index contributed by atoms with van der Waals surface area (Å²) in [6.07, 6.45) is 0. The van der Waals surface area contributed by atoms with Crippen molar-refractivity contribution in [2.45, 2.75) is 6.54 Å². The van der Waals surface area contributed by atoms with Crippen LogP contribution in [0.25, 0.3) is 0 Å². The first-order valence-corrected chi connectivity index (χ1v) is 5.89. The molecule has 1 saturated heterocycles. The van der Waals surface area contributed by atoms with Gasteiger partial charge >= 0.3 is 0 Å². The highest BCUT2D eigenvalue weighted by Crippen LogP contribution is 2.09. The van der Waals surface area contributed by atoms with Crippen LogP contribution in [0.15, 0.2) is 22.5 Å². The standard InChI is InChI=1S/C10H15N3OS.HI/c11-10(13-3-5-14-6-4-13)12-8-9-2-1-7-15-9;/h1-2,7H,3-6,8H2,(H2,11,12);1H. The normalized spacial score (nSPS) is 17.0. The number of thiophene rings is 1. The van der Waals surface area contributed by atoms with E-state index in [1.165, 1.54) is 4.88 Å². The maximum Gasteiger partial charge on any atom is 0.191 e. The average Bonchev–Trinajstić information content (AvgIpc) is 2.80. The Morgan fingerprint density at radius 1 is 1.50 bits per heavy atom. The first kappa shape index (κ1) is 13.7. The van der Waals surface area contributed by atoms with Gasteiger partial charge in [-0.25, -0.2) is 4.99 Å². The molecule has 2 N–H and O–H groups in total. The Bertz CT molecular complexity index is 323. The lowest BCUT2D eigenvalue weighted by atomic mass is 10.4. The van der Waals surface area contributed by atoms with Gasteiger partial charge in [0.05, 0.1) is 19.8 Å². The summed E-state index contributed by atoms with van der Waals surface area (Å²) in [7, 11) is 0. The molecule has 0 saturated carbocycles. The zero-order valence-electron chi connectivity index (χ0n) is 8.96. The molecular weight excluding hydrogens is 337 g/mol. The Morgan fingerprint density at radius 2 is 2.25 bits per heavy atom. The smallest absolute Gasteiger partial charge is 0.191 e. The van der Waals surface area contributed by atoms with Crippen molar-refractivity contribution in [3.8, 4) is 0 Å². The Balaban J connectivity index is 0.00000128. The van der Waals surface area contributed by atoms with Crippen molar-refractivity contribution in [3.63, 3.8) is 0 Å². The van der Waals surface area contributed by atoms with Gasteiger partial charge in [-0.05, 0) is 11.4 Å². The maximum atomic E-state index is 5.89. The largest absolute Gasteiger partial charge is 0.378 e. The van der Waals surface area contributed by atoms with Crippen LogP contribution in [-0.2, 0) is 11.3 Å². The second kappa shape index (κ2) is 7.08. The molecule has 0 spiro atoms. The molecular formula is C10H16IN3OS. The fraction of sp³-hybridized carbons (Fsp3) is 0.500. The van der Waals surface area contributed by atoms with E-state index in [4.69, 9.17) is 10.5 Å². The highest BCUT2D eigenvalue weighted by atomic mass is 127. The van der Waals surface area contributed by atoms with Crippen LogP contribution >= 0.6 is 35.3 Å². The summed E-state index contributed by atoms with van der Waals surface area (Å²) >= 11 is 1.71. The van der Waals surface area contributed by atoms with Gasteiger partial charge in [0.1, 0.15) is 0 Å². The molecule has 0 atom stereocenters. The Kier molecular flexibility index (Phi) is 6.07. The Labute approximate surface area is 117 Å². The molecule has 1 aromatic heterocycles. The van der Waals surface area contributed by atoms with Gasteiger partial charge in [0, 0.05) is 18.0 Å². The maximum absolute atomic E-state index is 5.89. The number of rotatable bonds is 2. The van der Waals surface area contributed by atoms with Gasteiger partial charge in [-0.1, -0.05) is 6.07 Å². The molecule has 4 nitrogen and oxygen atoms in total. The lowest BCUT2D eigenvalue weighted by Crippen LogP contribution is -2.44. The van der Waals surface area contributed by atoms with Crippen molar-refractivity contribution in [2.75, 3.05) is 26.3 Å². The van der Waals surface area contributed by atoms with Crippen molar-refractivity contribution >= 4 is 41.3 Å². The van der Waals surface area contributed by atoms with Gasteiger partial charge in [0.25, 0.3) is 0 Å². The number of hydrogen-bond donors (Lipinski definition) is 1. The molecule has 0 aliphatic carbocycles. The van der Waals surface area contributed by atoms with Gasteiger partial charge < -0.3 is 15.4 Å². The van der Waals surface area contributed by atoms with Crippen LogP contribution in [0.4, 0.5) is 0 Å². The average molecular weight is 353 g/mol. The molecule has 0 bridgehead atoms. The third kappa shape index (κ3) is 3.91. The van der Waals surface area contributed by atoms with E-state index in [9.17, 15) is 0 Å². The number of nitrogens with two attached hydrogens (primary N) is 1. The van der Waals surface area contributed by atoms with E-state index >= 15 is 0 Å². The lowest BCUT2D eigenvalue weighted by molar-refractivity contribution is 0.0674. The third-order valence-corrected chi connectivity index (χ3v) is 3.17. The fourth-order valence-electron chi connectivity index (χ4n) is 1.45. The number of aliphatic imine (C=N–C) groups is 1. The third-order valence-electron chi connectivity index (χ3n) is 2.31. The van der Waals surface area contributed by atoms with Crippen LogP contribution in [0.1, 0.15) is 4.88 Å². The number of nitrogens with zero attached hydrogens (tertiary/aromatic N) is 2. The molecule has 1 aromatic rings. The number of guanidine groups is 1. The van der Waals surface area contributed by atoms with Gasteiger partial charge in [-0.3, -0.25) is 0 Å². The van der Waals surface area contributed by atoms with Crippen LogP contribution in [0.5, 0.6) is 0 Å². The van der Waals surface area contributed by atoms with Gasteiger partial charge in [-0.2, -0.15) is 0 Å². The number of ether oxygens (including phenoxy) is 1. The summed E-state index contributed by atoms with van der Waals surface area (Å²) in [5.74, 6) is 0.631. The molecule has 0 unspecified atom stereocenters. The zero-order valence-corrected chi connectivity index (χ0v) is 12.1. The summed E-state index contributed by atoms with van der Waals surface area (Å²) in [6.45, 7) is 3.87. The molecule has 6 heteroatoms. The SMILES string of the molecule is I.NC(=NCc1cccs1)N1CCOCC1. The van der Waals surface area contributed by atoms with Crippen molar-refractivity contribution < 1.29 is 4.74 Å². The highest BCUT2D eigenvalue weighted by molar-refractivity contribution is 14.0. The van der Waals surface area contributed by atoms with Crippen LogP contribution in [-0.4, -0.2) is 37.2 Å². The van der Waals surface area contributed by atoms with E-state index in [2.05, 4.69) is 21.3 Å². The molecule has 1 aliphatic heterocycles. The van der Waals surface area contributed by atoms with Gasteiger partial charge in [0.15, 0.2) is 5.96 Å². The molecule has 90 valence electrons. The molecule has 0 aromatic carbocycles. The molecule has 0 amide bonds. The summed E-state index contributed by atoms with van der Waals surface area (Å²) in [4.78, 5) is 7.67.